The molecule has 2 aromatic rings. The van der Waals surface area contributed by atoms with Gasteiger partial charge in [-0.1, -0.05) is 0 Å². The lowest BCUT2D eigenvalue weighted by Gasteiger charge is -2.18. The zero-order valence-corrected chi connectivity index (χ0v) is 14.3. The number of hydrogen-bond acceptors (Lipinski definition) is 8. The van der Waals surface area contributed by atoms with Crippen LogP contribution < -0.4 is 10.2 Å². The molecule has 1 fully saturated rings. The van der Waals surface area contributed by atoms with E-state index < -0.39 is 17.0 Å². The van der Waals surface area contributed by atoms with E-state index in [0.29, 0.717) is 11.5 Å². The Bertz CT molecular complexity index is 900. The van der Waals surface area contributed by atoms with E-state index >= 15 is 0 Å². The fourth-order valence-corrected chi connectivity index (χ4v) is 2.49. The van der Waals surface area contributed by atoms with Crippen molar-refractivity contribution >= 4 is 29.6 Å². The number of hydrogen-bond donors (Lipinski definition) is 3. The Kier molecular flexibility index (Phi) is 4.17. The van der Waals surface area contributed by atoms with Crippen molar-refractivity contribution in [3.05, 3.63) is 24.7 Å². The van der Waals surface area contributed by atoms with Gasteiger partial charge in [-0.3, -0.25) is 14.4 Å². The molecule has 2 aromatic heterocycles. The molecule has 0 spiro atoms. The van der Waals surface area contributed by atoms with Crippen LogP contribution in [0.3, 0.4) is 0 Å². The van der Waals surface area contributed by atoms with Crippen LogP contribution in [0.2, 0.25) is 0 Å². The first kappa shape index (κ1) is 17.5. The van der Waals surface area contributed by atoms with Crippen molar-refractivity contribution in [2.24, 2.45) is 0 Å². The van der Waals surface area contributed by atoms with E-state index in [9.17, 15) is 9.90 Å². The lowest BCUT2D eigenvalue weighted by Crippen LogP contribution is -2.39. The fourth-order valence-electron chi connectivity index (χ4n) is 2.49. The number of nitrogens with zero attached hydrogens (tertiary/aromatic N) is 6. The minimum Gasteiger partial charge on any atom is -0.368 e. The molecule has 1 atom stereocenters. The summed E-state index contributed by atoms with van der Waals surface area (Å²) < 4.78 is 1.63. The lowest BCUT2D eigenvalue weighted by molar-refractivity contribution is -0.128. The Labute approximate surface area is 149 Å². The van der Waals surface area contributed by atoms with Crippen LogP contribution in [0.1, 0.15) is 20.3 Å². The molecule has 0 unspecified atom stereocenters. The molecule has 3 rings (SSSR count). The summed E-state index contributed by atoms with van der Waals surface area (Å²) in [5.74, 6) is -0.147. The molecule has 1 aliphatic heterocycles. The quantitative estimate of drug-likeness (QED) is 0.532. The maximum Gasteiger partial charge on any atom is 0.275 e. The molecule has 10 heteroatoms. The number of nitriles is 1. The van der Waals surface area contributed by atoms with Gasteiger partial charge in [0.15, 0.2) is 0 Å². The van der Waals surface area contributed by atoms with Gasteiger partial charge >= 0.3 is 0 Å². The summed E-state index contributed by atoms with van der Waals surface area (Å²) in [5.41, 5.74) is -1.94. The predicted molar refractivity (Wildman–Crippen MR) is 93.2 cm³/mol. The molecule has 0 aromatic carbocycles. The number of nitrogens with one attached hydrogen (secondary N) is 2. The van der Waals surface area contributed by atoms with Crippen molar-refractivity contribution < 1.29 is 9.90 Å². The summed E-state index contributed by atoms with van der Waals surface area (Å²) in [6.45, 7) is 3.90. The first-order chi connectivity index (χ1) is 12.3. The minimum atomic E-state index is -2.00. The summed E-state index contributed by atoms with van der Waals surface area (Å²) in [5, 5.41) is 33.6. The molecule has 0 bridgehead atoms. The van der Waals surface area contributed by atoms with E-state index in [4.69, 9.17) is 10.7 Å². The third kappa shape index (κ3) is 3.00. The maximum absolute atomic E-state index is 12.2. The summed E-state index contributed by atoms with van der Waals surface area (Å²) in [4.78, 5) is 21.9. The number of rotatable bonds is 5. The third-order valence-corrected chi connectivity index (χ3v) is 4.18. The number of aromatic nitrogens is 4. The molecule has 3 heterocycles. The van der Waals surface area contributed by atoms with Crippen LogP contribution in [0.4, 0.5) is 17.5 Å². The molecule has 134 valence electrons. The molecule has 10 nitrogen and oxygen atoms in total. The van der Waals surface area contributed by atoms with Crippen LogP contribution in [-0.2, 0) is 10.3 Å². The number of anilines is 3. The van der Waals surface area contributed by atoms with Crippen LogP contribution in [0.5, 0.6) is 0 Å². The predicted octanol–water partition coefficient (Wildman–Crippen LogP) is 0.793. The van der Waals surface area contributed by atoms with Gasteiger partial charge < -0.3 is 15.8 Å². The van der Waals surface area contributed by atoms with Crippen LogP contribution in [0, 0.1) is 16.7 Å². The maximum atomic E-state index is 12.2. The van der Waals surface area contributed by atoms with Crippen LogP contribution in [0.15, 0.2) is 24.7 Å². The average molecular weight is 354 g/mol. The third-order valence-electron chi connectivity index (χ3n) is 4.18. The molecule has 0 saturated carbocycles. The SMILES string of the molecule is CC(C)(C=N)n1cc(Nc2nccc(N3CC[C@](O)(C#N)C3=O)n2)cn1. The van der Waals surface area contributed by atoms with E-state index in [1.807, 2.05) is 13.8 Å². The second-order valence-corrected chi connectivity index (χ2v) is 6.51. The Hall–Kier alpha value is -3.32. The van der Waals surface area contributed by atoms with Crippen LogP contribution in [0.25, 0.3) is 0 Å². The molecule has 1 amide bonds. The van der Waals surface area contributed by atoms with E-state index in [0.717, 1.165) is 0 Å². The second-order valence-electron chi connectivity index (χ2n) is 6.51. The standard InChI is InChI=1S/C16H18N8O2/c1-15(2,9-17)24-8-11(7-20-24)21-14-19-5-3-12(22-14)23-6-4-16(26,10-18)13(23)25/h3,5,7-9,17,26H,4,6H2,1-2H3,(H,19,21,22)/t16-/m0/s1. The van der Waals surface area contributed by atoms with Gasteiger partial charge in [-0.25, -0.2) is 4.98 Å². The van der Waals surface area contributed by atoms with Crippen molar-refractivity contribution in [3.63, 3.8) is 0 Å². The highest BCUT2D eigenvalue weighted by Crippen LogP contribution is 2.27. The highest BCUT2D eigenvalue weighted by Gasteiger charge is 2.46. The molecule has 1 aliphatic rings. The normalized spacial score (nSPS) is 20.1. The van der Waals surface area contributed by atoms with Crippen LogP contribution in [-0.4, -0.2) is 49.1 Å². The summed E-state index contributed by atoms with van der Waals surface area (Å²) >= 11 is 0. The minimum absolute atomic E-state index is 0.0283. The molecule has 1 saturated heterocycles. The smallest absolute Gasteiger partial charge is 0.275 e. The van der Waals surface area contributed by atoms with Crippen molar-refractivity contribution in [2.45, 2.75) is 31.4 Å². The lowest BCUT2D eigenvalue weighted by atomic mass is 10.1. The van der Waals surface area contributed by atoms with Gasteiger partial charge in [0.05, 0.1) is 17.4 Å². The number of aliphatic hydroxyl groups is 1. The Morgan fingerprint density at radius 3 is 2.96 bits per heavy atom. The van der Waals surface area contributed by atoms with Gasteiger partial charge in [0.1, 0.15) is 11.9 Å². The van der Waals surface area contributed by atoms with Crippen LogP contribution >= 0.6 is 0 Å². The van der Waals surface area contributed by atoms with Gasteiger partial charge in [0, 0.05) is 31.6 Å². The second kappa shape index (κ2) is 6.20. The molecular formula is C16H18N8O2. The van der Waals surface area contributed by atoms with Gasteiger partial charge in [-0.15, -0.1) is 0 Å². The number of amides is 1. The largest absolute Gasteiger partial charge is 0.368 e. The number of carbonyl (C=O) groups is 1. The van der Waals surface area contributed by atoms with Gasteiger partial charge in [-0.2, -0.15) is 15.3 Å². The zero-order valence-electron chi connectivity index (χ0n) is 14.3. The van der Waals surface area contributed by atoms with E-state index in [-0.39, 0.29) is 18.9 Å². The first-order valence-corrected chi connectivity index (χ1v) is 7.91. The topological polar surface area (TPSA) is 144 Å². The Morgan fingerprint density at radius 1 is 1.54 bits per heavy atom. The zero-order chi connectivity index (χ0) is 18.9. The highest BCUT2D eigenvalue weighted by molar-refractivity contribution is 6.03. The molecular weight excluding hydrogens is 336 g/mol. The van der Waals surface area contributed by atoms with Crippen molar-refractivity contribution in [1.82, 2.24) is 19.7 Å². The first-order valence-electron chi connectivity index (χ1n) is 7.91. The summed E-state index contributed by atoms with van der Waals surface area (Å²) in [6.07, 6.45) is 6.09. The van der Waals surface area contributed by atoms with E-state index in [2.05, 4.69) is 20.4 Å². The Morgan fingerprint density at radius 2 is 2.31 bits per heavy atom. The molecule has 0 radical (unpaired) electrons. The average Bonchev–Trinajstić information content (AvgIpc) is 3.22. The fraction of sp³-hybridized carbons (Fsp3) is 0.375. The van der Waals surface area contributed by atoms with Crippen molar-refractivity contribution in [3.8, 4) is 6.07 Å². The molecule has 26 heavy (non-hydrogen) atoms. The Balaban J connectivity index is 1.80. The summed E-state index contributed by atoms with van der Waals surface area (Å²) in [7, 11) is 0. The van der Waals surface area contributed by atoms with Gasteiger partial charge in [-0.05, 0) is 19.9 Å². The van der Waals surface area contributed by atoms with Crippen molar-refractivity contribution in [2.75, 3.05) is 16.8 Å². The highest BCUT2D eigenvalue weighted by atomic mass is 16.3. The monoisotopic (exact) mass is 354 g/mol. The van der Waals surface area contributed by atoms with E-state index in [1.54, 1.807) is 23.1 Å². The number of carbonyl (C=O) groups excluding carboxylic acids is 1. The van der Waals surface area contributed by atoms with Gasteiger partial charge in [0.2, 0.25) is 11.5 Å². The molecule has 3 N–H and O–H groups in total. The van der Waals surface area contributed by atoms with Crippen molar-refractivity contribution in [1.29, 1.82) is 10.7 Å². The molecule has 0 aliphatic carbocycles. The van der Waals surface area contributed by atoms with Gasteiger partial charge in [0.25, 0.3) is 5.91 Å². The van der Waals surface area contributed by atoms with E-state index in [1.165, 1.54) is 23.4 Å². The summed E-state index contributed by atoms with van der Waals surface area (Å²) in [6, 6.07) is 3.18.